The minimum atomic E-state index is -3.54. The van der Waals surface area contributed by atoms with Crippen molar-refractivity contribution in [3.63, 3.8) is 0 Å². The quantitative estimate of drug-likeness (QED) is 0.694. The van der Waals surface area contributed by atoms with Gasteiger partial charge in [0.25, 0.3) is 5.91 Å². The van der Waals surface area contributed by atoms with E-state index in [2.05, 4.69) is 5.32 Å². The zero-order valence-corrected chi connectivity index (χ0v) is 14.9. The molecule has 0 radical (unpaired) electrons. The van der Waals surface area contributed by atoms with Gasteiger partial charge in [-0.3, -0.25) is 4.79 Å². The van der Waals surface area contributed by atoms with Crippen molar-refractivity contribution in [1.82, 2.24) is 5.32 Å². The molecule has 0 aliphatic rings. The predicted molar refractivity (Wildman–Crippen MR) is 98.5 cm³/mol. The van der Waals surface area contributed by atoms with Gasteiger partial charge in [-0.15, -0.1) is 0 Å². The van der Waals surface area contributed by atoms with E-state index in [0.717, 1.165) is 5.56 Å². The zero-order valence-electron chi connectivity index (χ0n) is 14.1. The van der Waals surface area contributed by atoms with Crippen LogP contribution in [0.2, 0.25) is 0 Å². The molecule has 1 amide bonds. The number of rotatable bonds is 7. The number of carbonyl (C=O) groups is 1. The van der Waals surface area contributed by atoms with Crippen LogP contribution in [0.25, 0.3) is 0 Å². The van der Waals surface area contributed by atoms with Crippen LogP contribution < -0.4 is 5.32 Å². The van der Waals surface area contributed by atoms with Gasteiger partial charge in [0.15, 0.2) is 15.6 Å². The van der Waals surface area contributed by atoms with Crippen LogP contribution in [0.1, 0.15) is 21.7 Å². The van der Waals surface area contributed by atoms with Gasteiger partial charge in [0.1, 0.15) is 0 Å². The molecule has 0 aliphatic carbocycles. The maximum Gasteiger partial charge on any atom is 0.287 e. The number of amides is 1. The van der Waals surface area contributed by atoms with Crippen molar-refractivity contribution in [1.29, 1.82) is 0 Å². The van der Waals surface area contributed by atoms with Crippen molar-refractivity contribution in [3.05, 3.63) is 89.9 Å². The molecule has 134 valence electrons. The van der Waals surface area contributed by atoms with Crippen LogP contribution in [0.3, 0.4) is 0 Å². The average molecular weight is 369 g/mol. The van der Waals surface area contributed by atoms with Crippen molar-refractivity contribution < 1.29 is 17.6 Å². The van der Waals surface area contributed by atoms with Gasteiger partial charge in [-0.2, -0.15) is 0 Å². The van der Waals surface area contributed by atoms with Crippen molar-refractivity contribution in [3.8, 4) is 0 Å². The fourth-order valence-electron chi connectivity index (χ4n) is 2.61. The summed E-state index contributed by atoms with van der Waals surface area (Å²) < 4.78 is 30.2. The van der Waals surface area contributed by atoms with E-state index in [-0.39, 0.29) is 16.4 Å². The second-order valence-corrected chi connectivity index (χ2v) is 7.83. The lowest BCUT2D eigenvalue weighted by atomic mass is 10.1. The van der Waals surface area contributed by atoms with E-state index in [1.54, 1.807) is 18.2 Å². The smallest absolute Gasteiger partial charge is 0.287 e. The largest absolute Gasteiger partial charge is 0.459 e. The minimum absolute atomic E-state index is 0.0394. The van der Waals surface area contributed by atoms with Gasteiger partial charge in [0.2, 0.25) is 0 Å². The first-order valence-corrected chi connectivity index (χ1v) is 9.88. The molecule has 1 N–H and O–H groups in total. The molecule has 3 rings (SSSR count). The summed E-state index contributed by atoms with van der Waals surface area (Å²) in [5.74, 6) is -0.656. The second-order valence-electron chi connectivity index (χ2n) is 5.84. The Morgan fingerprint density at radius 1 is 0.923 bits per heavy atom. The highest BCUT2D eigenvalue weighted by Crippen LogP contribution is 2.19. The van der Waals surface area contributed by atoms with E-state index in [4.69, 9.17) is 4.42 Å². The number of hydrogen-bond donors (Lipinski definition) is 1. The monoisotopic (exact) mass is 369 g/mol. The van der Waals surface area contributed by atoms with Crippen LogP contribution in [0.5, 0.6) is 0 Å². The van der Waals surface area contributed by atoms with Crippen molar-refractivity contribution in [2.45, 2.75) is 17.1 Å². The Kier molecular flexibility index (Phi) is 5.53. The highest BCUT2D eigenvalue weighted by atomic mass is 32.2. The van der Waals surface area contributed by atoms with Crippen LogP contribution in [-0.2, 0) is 22.0 Å². The van der Waals surface area contributed by atoms with Crippen LogP contribution in [-0.4, -0.2) is 20.9 Å². The Labute approximate surface area is 152 Å². The number of sulfone groups is 1. The zero-order chi connectivity index (χ0) is 18.4. The van der Waals surface area contributed by atoms with E-state index in [0.29, 0.717) is 18.5 Å². The Balaban J connectivity index is 1.65. The lowest BCUT2D eigenvalue weighted by Gasteiger charge is -2.07. The van der Waals surface area contributed by atoms with Gasteiger partial charge >= 0.3 is 0 Å². The van der Waals surface area contributed by atoms with Gasteiger partial charge in [0, 0.05) is 12.1 Å². The molecule has 2 aromatic carbocycles. The fraction of sp³-hybridized carbons (Fsp3) is 0.150. The topological polar surface area (TPSA) is 76.4 Å². The summed E-state index contributed by atoms with van der Waals surface area (Å²) in [7, 11) is -3.54. The molecule has 0 bridgehead atoms. The van der Waals surface area contributed by atoms with Crippen LogP contribution in [0.15, 0.2) is 82.3 Å². The normalized spacial score (nSPS) is 11.2. The number of benzene rings is 2. The fourth-order valence-corrected chi connectivity index (χ4v) is 3.99. The van der Waals surface area contributed by atoms with E-state index < -0.39 is 15.7 Å². The maximum atomic E-state index is 12.5. The maximum absolute atomic E-state index is 12.5. The van der Waals surface area contributed by atoms with E-state index >= 15 is 0 Å². The first kappa shape index (κ1) is 17.9. The molecule has 0 atom stereocenters. The van der Waals surface area contributed by atoms with Crippen LogP contribution in [0, 0.1) is 0 Å². The summed E-state index contributed by atoms with van der Waals surface area (Å²) in [5.41, 5.74) is 1.46. The predicted octanol–water partition coefficient (Wildman–Crippen LogP) is 3.23. The first-order valence-electron chi connectivity index (χ1n) is 8.22. The van der Waals surface area contributed by atoms with Crippen LogP contribution >= 0.6 is 0 Å². The van der Waals surface area contributed by atoms with Gasteiger partial charge in [-0.1, -0.05) is 48.5 Å². The van der Waals surface area contributed by atoms with E-state index in [9.17, 15) is 13.2 Å². The summed E-state index contributed by atoms with van der Waals surface area (Å²) in [6, 6.07) is 19.5. The Hall–Kier alpha value is -2.86. The summed E-state index contributed by atoms with van der Waals surface area (Å²) in [6.07, 6.45) is 2.02. The molecule has 26 heavy (non-hydrogen) atoms. The van der Waals surface area contributed by atoms with Crippen molar-refractivity contribution >= 4 is 15.7 Å². The average Bonchev–Trinajstić information content (AvgIpc) is 3.11. The highest BCUT2D eigenvalue weighted by Gasteiger charge is 2.22. The van der Waals surface area contributed by atoms with E-state index in [1.165, 1.54) is 24.5 Å². The van der Waals surface area contributed by atoms with Crippen LogP contribution in [0.4, 0.5) is 0 Å². The Bertz CT molecular complexity index is 963. The first-order chi connectivity index (χ1) is 12.6. The molecule has 1 aromatic heterocycles. The Morgan fingerprint density at radius 2 is 1.58 bits per heavy atom. The number of nitrogens with one attached hydrogen (secondary N) is 1. The molecular formula is C20H19NO4S. The molecule has 0 spiro atoms. The highest BCUT2D eigenvalue weighted by molar-refractivity contribution is 7.90. The third kappa shape index (κ3) is 4.40. The summed E-state index contributed by atoms with van der Waals surface area (Å²) >= 11 is 0. The summed E-state index contributed by atoms with van der Waals surface area (Å²) in [5, 5.41) is 2.77. The van der Waals surface area contributed by atoms with Gasteiger partial charge in [-0.05, 0) is 30.2 Å². The lowest BCUT2D eigenvalue weighted by molar-refractivity contribution is 0.0925. The molecule has 0 saturated heterocycles. The number of hydrogen-bond acceptors (Lipinski definition) is 4. The lowest BCUT2D eigenvalue weighted by Crippen LogP contribution is -2.26. The second kappa shape index (κ2) is 8.01. The van der Waals surface area contributed by atoms with Gasteiger partial charge in [-0.25, -0.2) is 8.42 Å². The SMILES string of the molecule is O=C(NCCc1ccccc1)c1occc1CS(=O)(=O)c1ccccc1. The molecule has 5 nitrogen and oxygen atoms in total. The van der Waals surface area contributed by atoms with Crippen molar-refractivity contribution in [2.75, 3.05) is 6.54 Å². The van der Waals surface area contributed by atoms with Gasteiger partial charge < -0.3 is 9.73 Å². The number of furan rings is 1. The van der Waals surface area contributed by atoms with Gasteiger partial charge in [0.05, 0.1) is 16.9 Å². The molecule has 0 aliphatic heterocycles. The molecule has 6 heteroatoms. The molecule has 0 saturated carbocycles. The Morgan fingerprint density at radius 3 is 2.27 bits per heavy atom. The third-order valence-electron chi connectivity index (χ3n) is 3.94. The standard InChI is InChI=1S/C20H19NO4S/c22-20(21-13-11-16-7-3-1-4-8-16)19-17(12-14-25-19)15-26(23,24)18-9-5-2-6-10-18/h1-10,12,14H,11,13,15H2,(H,21,22). The third-order valence-corrected chi connectivity index (χ3v) is 5.62. The summed E-state index contributed by atoms with van der Waals surface area (Å²) in [4.78, 5) is 12.6. The van der Waals surface area contributed by atoms with Crippen molar-refractivity contribution in [2.24, 2.45) is 0 Å². The molecule has 0 unspecified atom stereocenters. The number of carbonyl (C=O) groups excluding carboxylic acids is 1. The molecule has 3 aromatic rings. The molecular weight excluding hydrogens is 350 g/mol. The minimum Gasteiger partial charge on any atom is -0.459 e. The molecule has 1 heterocycles. The van der Waals surface area contributed by atoms with E-state index in [1.807, 2.05) is 30.3 Å². The summed E-state index contributed by atoms with van der Waals surface area (Å²) in [6.45, 7) is 0.439. The molecule has 0 fully saturated rings.